The second kappa shape index (κ2) is 6.15. The molecule has 25 heavy (non-hydrogen) atoms. The Bertz CT molecular complexity index is 883. The third-order valence-corrected chi connectivity index (χ3v) is 5.68. The lowest BCUT2D eigenvalue weighted by Crippen LogP contribution is -2.44. The quantitative estimate of drug-likeness (QED) is 0.822. The van der Waals surface area contributed by atoms with Crippen LogP contribution in [0.5, 0.6) is 0 Å². The summed E-state index contributed by atoms with van der Waals surface area (Å²) in [6.45, 7) is 0.843. The van der Waals surface area contributed by atoms with Crippen molar-refractivity contribution in [1.29, 1.82) is 0 Å². The Labute approximate surface area is 147 Å². The van der Waals surface area contributed by atoms with Crippen LogP contribution in [0.25, 0.3) is 0 Å². The Morgan fingerprint density at radius 2 is 2.00 bits per heavy atom. The summed E-state index contributed by atoms with van der Waals surface area (Å²) in [5.74, 6) is 0.0626. The molecule has 1 aliphatic carbocycles. The van der Waals surface area contributed by atoms with Crippen LogP contribution in [0.4, 0.5) is 0 Å². The Morgan fingerprint density at radius 1 is 1.24 bits per heavy atom. The largest absolute Gasteiger partial charge is 0.331 e. The minimum atomic E-state index is -3.51. The zero-order valence-corrected chi connectivity index (χ0v) is 14.5. The number of allylic oxidation sites excluding steroid dienone is 2. The van der Waals surface area contributed by atoms with Crippen LogP contribution < -0.4 is 0 Å². The molecule has 1 aromatic carbocycles. The molecule has 1 aromatic rings. The number of sulfonamides is 1. The van der Waals surface area contributed by atoms with Gasteiger partial charge in [0.25, 0.3) is 15.9 Å². The van der Waals surface area contributed by atoms with Crippen LogP contribution >= 0.6 is 0 Å². The van der Waals surface area contributed by atoms with E-state index >= 15 is 0 Å². The average molecular weight is 357 g/mol. The summed E-state index contributed by atoms with van der Waals surface area (Å²) in [6, 6.07) is 10.0. The van der Waals surface area contributed by atoms with Crippen molar-refractivity contribution < 1.29 is 13.2 Å². The SMILES string of the molecule is O=C(C1=CC=CN2CCS(=O)(=O)N=C12)N(Cc1ccccc1)C1CC1. The van der Waals surface area contributed by atoms with Crippen molar-refractivity contribution in [1.82, 2.24) is 9.80 Å². The second-order valence-corrected chi connectivity index (χ2v) is 8.22. The lowest BCUT2D eigenvalue weighted by Gasteiger charge is -2.31. The first-order chi connectivity index (χ1) is 12.0. The van der Waals surface area contributed by atoms with Crippen molar-refractivity contribution in [3.63, 3.8) is 0 Å². The molecule has 4 rings (SSSR count). The van der Waals surface area contributed by atoms with Crippen LogP contribution in [0.2, 0.25) is 0 Å². The average Bonchev–Trinajstić information content (AvgIpc) is 3.44. The molecule has 0 saturated heterocycles. The minimum Gasteiger partial charge on any atom is -0.331 e. The smallest absolute Gasteiger partial charge is 0.258 e. The number of fused-ring (bicyclic) bond motifs is 1. The third kappa shape index (κ3) is 3.37. The van der Waals surface area contributed by atoms with E-state index in [-0.39, 0.29) is 23.5 Å². The molecule has 7 heteroatoms. The van der Waals surface area contributed by atoms with Crippen molar-refractivity contribution in [2.75, 3.05) is 12.3 Å². The van der Waals surface area contributed by atoms with Crippen LogP contribution in [0.3, 0.4) is 0 Å². The fourth-order valence-corrected chi connectivity index (χ4v) is 4.06. The summed E-state index contributed by atoms with van der Waals surface area (Å²) >= 11 is 0. The van der Waals surface area contributed by atoms with Crippen LogP contribution in [-0.4, -0.2) is 48.3 Å². The Morgan fingerprint density at radius 3 is 2.72 bits per heavy atom. The number of hydrogen-bond donors (Lipinski definition) is 0. The number of carbonyl (C=O) groups is 1. The summed E-state index contributed by atoms with van der Waals surface area (Å²) < 4.78 is 27.6. The van der Waals surface area contributed by atoms with E-state index in [4.69, 9.17) is 0 Å². The summed E-state index contributed by atoms with van der Waals surface area (Å²) in [5.41, 5.74) is 1.42. The number of amidine groups is 1. The molecule has 0 N–H and O–H groups in total. The predicted octanol–water partition coefficient (Wildman–Crippen LogP) is 1.68. The van der Waals surface area contributed by atoms with E-state index in [1.54, 1.807) is 23.3 Å². The summed E-state index contributed by atoms with van der Waals surface area (Å²) in [6.07, 6.45) is 7.17. The van der Waals surface area contributed by atoms with E-state index in [0.29, 0.717) is 18.7 Å². The molecule has 2 aliphatic heterocycles. The predicted molar refractivity (Wildman–Crippen MR) is 95.2 cm³/mol. The van der Waals surface area contributed by atoms with Gasteiger partial charge in [-0.15, -0.1) is 4.40 Å². The van der Waals surface area contributed by atoms with E-state index in [0.717, 1.165) is 18.4 Å². The lowest BCUT2D eigenvalue weighted by atomic mass is 10.1. The second-order valence-electron chi connectivity index (χ2n) is 6.47. The van der Waals surface area contributed by atoms with Gasteiger partial charge in [0.1, 0.15) is 0 Å². The van der Waals surface area contributed by atoms with Crippen LogP contribution in [0.15, 0.2) is 58.7 Å². The molecule has 1 fully saturated rings. The maximum atomic E-state index is 13.2. The van der Waals surface area contributed by atoms with Gasteiger partial charge in [0, 0.05) is 25.3 Å². The number of rotatable bonds is 4. The van der Waals surface area contributed by atoms with Crippen LogP contribution in [-0.2, 0) is 21.4 Å². The number of hydrogen-bond acceptors (Lipinski definition) is 4. The van der Waals surface area contributed by atoms with Gasteiger partial charge in [-0.25, -0.2) is 8.42 Å². The maximum absolute atomic E-state index is 13.2. The van der Waals surface area contributed by atoms with E-state index in [2.05, 4.69) is 4.40 Å². The maximum Gasteiger partial charge on any atom is 0.258 e. The molecule has 2 heterocycles. The van der Waals surface area contributed by atoms with Crippen molar-refractivity contribution >= 4 is 21.8 Å². The molecule has 1 amide bonds. The highest BCUT2D eigenvalue weighted by molar-refractivity contribution is 7.90. The lowest BCUT2D eigenvalue weighted by molar-refractivity contribution is -0.127. The third-order valence-electron chi connectivity index (χ3n) is 4.53. The van der Waals surface area contributed by atoms with Gasteiger partial charge in [0.2, 0.25) is 0 Å². The number of benzene rings is 1. The molecule has 0 aromatic heterocycles. The van der Waals surface area contributed by atoms with Gasteiger partial charge in [-0.3, -0.25) is 4.79 Å². The Kier molecular flexibility index (Phi) is 3.95. The van der Waals surface area contributed by atoms with E-state index < -0.39 is 10.0 Å². The first-order valence-corrected chi connectivity index (χ1v) is 9.97. The monoisotopic (exact) mass is 357 g/mol. The number of nitrogens with zero attached hydrogens (tertiary/aromatic N) is 3. The summed E-state index contributed by atoms with van der Waals surface area (Å²) in [5, 5.41) is 0. The summed E-state index contributed by atoms with van der Waals surface area (Å²) in [7, 11) is -3.51. The van der Waals surface area contributed by atoms with Gasteiger partial charge in [-0.05, 0) is 30.6 Å². The minimum absolute atomic E-state index is 0.0291. The first kappa shape index (κ1) is 16.1. The van der Waals surface area contributed by atoms with E-state index in [1.807, 2.05) is 35.2 Å². The molecule has 0 bridgehead atoms. The highest BCUT2D eigenvalue weighted by Crippen LogP contribution is 2.31. The molecular formula is C18H19N3O3S. The van der Waals surface area contributed by atoms with Crippen molar-refractivity contribution in [3.8, 4) is 0 Å². The fourth-order valence-electron chi connectivity index (χ4n) is 3.07. The zero-order valence-electron chi connectivity index (χ0n) is 13.7. The van der Waals surface area contributed by atoms with Gasteiger partial charge in [-0.2, -0.15) is 0 Å². The highest BCUT2D eigenvalue weighted by Gasteiger charge is 2.37. The molecule has 6 nitrogen and oxygen atoms in total. The standard InChI is InChI=1S/C18H19N3O3S/c22-18(21(15-8-9-15)13-14-5-2-1-3-6-14)16-7-4-10-20-11-12-25(23,24)19-17(16)20/h1-7,10,15H,8-9,11-13H2. The number of amides is 1. The molecule has 1 saturated carbocycles. The number of carbonyl (C=O) groups excluding carboxylic acids is 1. The molecule has 0 spiro atoms. The van der Waals surface area contributed by atoms with Gasteiger partial charge in [-0.1, -0.05) is 30.3 Å². The van der Waals surface area contributed by atoms with Crippen molar-refractivity contribution in [2.24, 2.45) is 4.40 Å². The van der Waals surface area contributed by atoms with Crippen molar-refractivity contribution in [2.45, 2.75) is 25.4 Å². The molecule has 130 valence electrons. The fraction of sp³-hybridized carbons (Fsp3) is 0.333. The first-order valence-electron chi connectivity index (χ1n) is 8.36. The molecule has 0 radical (unpaired) electrons. The zero-order chi connectivity index (χ0) is 17.4. The summed E-state index contributed by atoms with van der Waals surface area (Å²) in [4.78, 5) is 16.7. The van der Waals surface area contributed by atoms with Gasteiger partial charge >= 0.3 is 0 Å². The normalized spacial score (nSPS) is 21.2. The van der Waals surface area contributed by atoms with Crippen LogP contribution in [0, 0.1) is 0 Å². The molecular weight excluding hydrogens is 338 g/mol. The molecule has 3 aliphatic rings. The van der Waals surface area contributed by atoms with E-state index in [1.165, 1.54) is 0 Å². The van der Waals surface area contributed by atoms with Crippen molar-refractivity contribution in [3.05, 3.63) is 59.8 Å². The molecule has 0 unspecified atom stereocenters. The van der Waals surface area contributed by atoms with E-state index in [9.17, 15) is 13.2 Å². The van der Waals surface area contributed by atoms with Gasteiger partial charge < -0.3 is 9.80 Å². The van der Waals surface area contributed by atoms with Crippen LogP contribution in [0.1, 0.15) is 18.4 Å². The van der Waals surface area contributed by atoms with Gasteiger partial charge in [0.05, 0.1) is 11.3 Å². The highest BCUT2D eigenvalue weighted by atomic mass is 32.2. The Balaban J connectivity index is 1.65. The topological polar surface area (TPSA) is 70.0 Å². The Hall–Kier alpha value is -2.41. The molecule has 0 atom stereocenters. The van der Waals surface area contributed by atoms with Gasteiger partial charge in [0.15, 0.2) is 5.84 Å².